The molecule has 1 heterocycles. The Morgan fingerprint density at radius 1 is 1.14 bits per heavy atom. The van der Waals surface area contributed by atoms with Crippen LogP contribution in [0.4, 0.5) is 11.4 Å². The van der Waals surface area contributed by atoms with E-state index >= 15 is 0 Å². The van der Waals surface area contributed by atoms with Gasteiger partial charge in [-0.1, -0.05) is 24.3 Å². The number of aryl methyl sites for hydroxylation is 2. The molecule has 1 aliphatic rings. The van der Waals surface area contributed by atoms with Crippen LogP contribution in [-0.2, 0) is 11.2 Å². The van der Waals surface area contributed by atoms with Crippen molar-refractivity contribution < 1.29 is 4.79 Å². The van der Waals surface area contributed by atoms with Gasteiger partial charge in [-0.15, -0.1) is 0 Å². The van der Waals surface area contributed by atoms with Gasteiger partial charge in [-0.2, -0.15) is 0 Å². The van der Waals surface area contributed by atoms with E-state index in [2.05, 4.69) is 37.4 Å². The lowest BCUT2D eigenvalue weighted by Gasteiger charge is -2.18. The number of fused-ring (bicyclic) bond motifs is 1. The number of carbonyl (C=O) groups excluding carboxylic acids is 1. The summed E-state index contributed by atoms with van der Waals surface area (Å²) in [7, 11) is 0. The molecule has 0 saturated heterocycles. The van der Waals surface area contributed by atoms with Gasteiger partial charge in [-0.25, -0.2) is 0 Å². The Labute approximate surface area is 125 Å². The molecule has 0 atom stereocenters. The average Bonchev–Trinajstić information content (AvgIpc) is 2.92. The van der Waals surface area contributed by atoms with Crippen LogP contribution in [0, 0.1) is 13.8 Å². The molecule has 0 radical (unpaired) electrons. The highest BCUT2D eigenvalue weighted by Gasteiger charge is 2.23. The maximum absolute atomic E-state index is 12.4. The number of carbonyl (C=O) groups is 1. The Morgan fingerprint density at radius 3 is 2.76 bits per heavy atom. The SMILES string of the molecule is Cc1ccc(NCC(=O)N2CCc3ccccc32)cc1C. The summed E-state index contributed by atoms with van der Waals surface area (Å²) in [6.45, 7) is 5.29. The number of hydrogen-bond acceptors (Lipinski definition) is 2. The van der Waals surface area contributed by atoms with Crippen LogP contribution in [0.5, 0.6) is 0 Å². The number of hydrogen-bond donors (Lipinski definition) is 1. The molecule has 1 amide bonds. The Kier molecular flexibility index (Phi) is 3.65. The van der Waals surface area contributed by atoms with Gasteiger partial charge in [0.1, 0.15) is 0 Å². The van der Waals surface area contributed by atoms with Crippen molar-refractivity contribution in [3.63, 3.8) is 0 Å². The number of amides is 1. The molecule has 21 heavy (non-hydrogen) atoms. The predicted molar refractivity (Wildman–Crippen MR) is 86.9 cm³/mol. The third kappa shape index (κ3) is 2.77. The molecule has 0 bridgehead atoms. The first-order valence-corrected chi connectivity index (χ1v) is 7.34. The van der Waals surface area contributed by atoms with Crippen molar-refractivity contribution >= 4 is 17.3 Å². The fourth-order valence-corrected chi connectivity index (χ4v) is 2.72. The zero-order valence-electron chi connectivity index (χ0n) is 12.5. The molecule has 0 aromatic heterocycles. The van der Waals surface area contributed by atoms with Crippen LogP contribution in [-0.4, -0.2) is 19.0 Å². The van der Waals surface area contributed by atoms with Crippen molar-refractivity contribution in [3.8, 4) is 0 Å². The highest BCUT2D eigenvalue weighted by atomic mass is 16.2. The standard InChI is InChI=1S/C18H20N2O/c1-13-7-8-16(11-14(13)2)19-12-18(21)20-10-9-15-5-3-4-6-17(15)20/h3-8,11,19H,9-10,12H2,1-2H3. The second kappa shape index (κ2) is 5.60. The molecule has 0 saturated carbocycles. The number of nitrogens with zero attached hydrogens (tertiary/aromatic N) is 1. The van der Waals surface area contributed by atoms with Gasteiger partial charge < -0.3 is 10.2 Å². The van der Waals surface area contributed by atoms with Crippen LogP contribution in [0.1, 0.15) is 16.7 Å². The fourth-order valence-electron chi connectivity index (χ4n) is 2.72. The quantitative estimate of drug-likeness (QED) is 0.935. The van der Waals surface area contributed by atoms with E-state index in [9.17, 15) is 4.79 Å². The van der Waals surface area contributed by atoms with E-state index in [1.54, 1.807) is 0 Å². The van der Waals surface area contributed by atoms with Crippen LogP contribution >= 0.6 is 0 Å². The number of para-hydroxylation sites is 1. The lowest BCUT2D eigenvalue weighted by Crippen LogP contribution is -2.34. The van der Waals surface area contributed by atoms with Gasteiger partial charge in [-0.05, 0) is 55.2 Å². The molecule has 0 spiro atoms. The molecule has 1 aliphatic heterocycles. The number of rotatable bonds is 3. The molecule has 0 unspecified atom stereocenters. The summed E-state index contributed by atoms with van der Waals surface area (Å²) in [6.07, 6.45) is 0.950. The first kappa shape index (κ1) is 13.7. The van der Waals surface area contributed by atoms with Crippen molar-refractivity contribution in [1.82, 2.24) is 0 Å². The minimum atomic E-state index is 0.123. The van der Waals surface area contributed by atoms with Crippen molar-refractivity contribution in [2.75, 3.05) is 23.3 Å². The molecule has 1 N–H and O–H groups in total. The second-order valence-electron chi connectivity index (χ2n) is 5.58. The summed E-state index contributed by atoms with van der Waals surface area (Å²) in [5.41, 5.74) is 5.82. The zero-order chi connectivity index (χ0) is 14.8. The Bertz CT molecular complexity index is 679. The van der Waals surface area contributed by atoms with E-state index in [1.165, 1.54) is 16.7 Å². The number of nitrogens with one attached hydrogen (secondary N) is 1. The largest absolute Gasteiger partial charge is 0.376 e. The van der Waals surface area contributed by atoms with Gasteiger partial charge in [0.15, 0.2) is 0 Å². The Morgan fingerprint density at radius 2 is 1.95 bits per heavy atom. The Balaban J connectivity index is 1.66. The van der Waals surface area contributed by atoms with Crippen LogP contribution in [0.25, 0.3) is 0 Å². The molecule has 3 heteroatoms. The maximum Gasteiger partial charge on any atom is 0.246 e. The van der Waals surface area contributed by atoms with Gasteiger partial charge in [-0.3, -0.25) is 4.79 Å². The van der Waals surface area contributed by atoms with E-state index in [4.69, 9.17) is 0 Å². The van der Waals surface area contributed by atoms with E-state index in [0.29, 0.717) is 6.54 Å². The van der Waals surface area contributed by atoms with Crippen LogP contribution in [0.15, 0.2) is 42.5 Å². The minimum Gasteiger partial charge on any atom is -0.376 e. The normalized spacial score (nSPS) is 13.1. The predicted octanol–water partition coefficient (Wildman–Crippen LogP) is 3.30. The van der Waals surface area contributed by atoms with E-state index in [1.807, 2.05) is 29.2 Å². The first-order chi connectivity index (χ1) is 10.1. The maximum atomic E-state index is 12.4. The third-order valence-electron chi connectivity index (χ3n) is 4.14. The number of anilines is 2. The van der Waals surface area contributed by atoms with Gasteiger partial charge in [0.05, 0.1) is 6.54 Å². The van der Waals surface area contributed by atoms with Gasteiger partial charge in [0.2, 0.25) is 5.91 Å². The van der Waals surface area contributed by atoms with E-state index in [0.717, 1.165) is 24.3 Å². The van der Waals surface area contributed by atoms with Gasteiger partial charge >= 0.3 is 0 Å². The number of benzene rings is 2. The molecular formula is C18H20N2O. The Hall–Kier alpha value is -2.29. The van der Waals surface area contributed by atoms with Crippen LogP contribution in [0.3, 0.4) is 0 Å². The highest BCUT2D eigenvalue weighted by Crippen LogP contribution is 2.27. The summed E-state index contributed by atoms with van der Waals surface area (Å²) < 4.78 is 0. The lowest BCUT2D eigenvalue weighted by atomic mass is 10.1. The van der Waals surface area contributed by atoms with Crippen molar-refractivity contribution in [3.05, 3.63) is 59.2 Å². The van der Waals surface area contributed by atoms with Crippen LogP contribution < -0.4 is 10.2 Å². The topological polar surface area (TPSA) is 32.3 Å². The summed E-state index contributed by atoms with van der Waals surface area (Å²) in [5, 5.41) is 3.23. The summed E-state index contributed by atoms with van der Waals surface area (Å²) >= 11 is 0. The van der Waals surface area contributed by atoms with Crippen molar-refractivity contribution in [2.45, 2.75) is 20.3 Å². The summed E-state index contributed by atoms with van der Waals surface area (Å²) in [6, 6.07) is 14.3. The monoisotopic (exact) mass is 280 g/mol. The van der Waals surface area contributed by atoms with E-state index < -0.39 is 0 Å². The molecule has 108 valence electrons. The first-order valence-electron chi connectivity index (χ1n) is 7.34. The summed E-state index contributed by atoms with van der Waals surface area (Å²) in [4.78, 5) is 14.3. The second-order valence-corrected chi connectivity index (χ2v) is 5.58. The van der Waals surface area contributed by atoms with Crippen molar-refractivity contribution in [2.24, 2.45) is 0 Å². The molecular weight excluding hydrogens is 260 g/mol. The van der Waals surface area contributed by atoms with Crippen molar-refractivity contribution in [1.29, 1.82) is 0 Å². The molecule has 0 aliphatic carbocycles. The minimum absolute atomic E-state index is 0.123. The van der Waals surface area contributed by atoms with E-state index in [-0.39, 0.29) is 5.91 Å². The average molecular weight is 280 g/mol. The highest BCUT2D eigenvalue weighted by molar-refractivity contribution is 5.98. The lowest BCUT2D eigenvalue weighted by molar-refractivity contribution is -0.116. The summed E-state index contributed by atoms with van der Waals surface area (Å²) in [5.74, 6) is 0.123. The van der Waals surface area contributed by atoms with Gasteiger partial charge in [0, 0.05) is 17.9 Å². The molecule has 3 nitrogen and oxygen atoms in total. The zero-order valence-corrected chi connectivity index (χ0v) is 12.5. The molecule has 2 aromatic carbocycles. The third-order valence-corrected chi connectivity index (χ3v) is 4.14. The molecule has 3 rings (SSSR count). The fraction of sp³-hybridized carbons (Fsp3) is 0.278. The smallest absolute Gasteiger partial charge is 0.246 e. The van der Waals surface area contributed by atoms with Gasteiger partial charge in [0.25, 0.3) is 0 Å². The molecule has 2 aromatic rings. The molecule has 0 fully saturated rings. The van der Waals surface area contributed by atoms with Crippen LogP contribution in [0.2, 0.25) is 0 Å².